The lowest BCUT2D eigenvalue weighted by atomic mass is 9.74. The minimum Gasteiger partial charge on any atom is -0.455 e. The fraction of sp³-hybridized carbons (Fsp3) is 0.0357. The van der Waals surface area contributed by atoms with Crippen LogP contribution in [-0.4, -0.2) is 0 Å². The van der Waals surface area contributed by atoms with Crippen molar-refractivity contribution in [2.24, 2.45) is 0 Å². The van der Waals surface area contributed by atoms with E-state index in [4.69, 9.17) is 4.42 Å². The molecule has 2 nitrogen and oxygen atoms in total. The fourth-order valence-electron chi connectivity index (χ4n) is 9.21. The molecule has 11 rings (SSSR count). The van der Waals surface area contributed by atoms with E-state index in [0.717, 1.165) is 50.1 Å². The van der Waals surface area contributed by atoms with Gasteiger partial charge in [-0.1, -0.05) is 170 Å². The molecule has 0 amide bonds. The van der Waals surface area contributed by atoms with Crippen LogP contribution in [0.1, 0.15) is 23.6 Å². The Morgan fingerprint density at radius 3 is 1.34 bits per heavy atom. The van der Waals surface area contributed by atoms with Gasteiger partial charge in [0.15, 0.2) is 0 Å². The summed E-state index contributed by atoms with van der Waals surface area (Å²) in [4.78, 5) is 2.33. The molecule has 0 radical (unpaired) electrons. The van der Waals surface area contributed by atoms with Crippen LogP contribution >= 0.6 is 0 Å². The summed E-state index contributed by atoms with van der Waals surface area (Å²) in [5.41, 5.74) is 18.4. The van der Waals surface area contributed by atoms with Crippen molar-refractivity contribution in [2.45, 2.75) is 12.3 Å². The van der Waals surface area contributed by atoms with E-state index in [2.05, 4.69) is 230 Å². The second-order valence-electron chi connectivity index (χ2n) is 15.4. The highest BCUT2D eigenvalue weighted by atomic mass is 16.3. The number of nitrogens with zero attached hydrogens (tertiary/aromatic N) is 1. The zero-order chi connectivity index (χ0) is 38.6. The molecular formula is C56H39NO. The summed E-state index contributed by atoms with van der Waals surface area (Å²) in [5, 5.41) is 2.26. The summed E-state index contributed by atoms with van der Waals surface area (Å²) in [7, 11) is 0. The van der Waals surface area contributed by atoms with Crippen LogP contribution in [0.25, 0.3) is 66.4 Å². The van der Waals surface area contributed by atoms with Gasteiger partial charge in [0, 0.05) is 38.8 Å². The highest BCUT2D eigenvalue weighted by Gasteiger charge is 2.40. The molecule has 1 aromatic heterocycles. The molecule has 1 aliphatic carbocycles. The maximum absolute atomic E-state index is 6.73. The summed E-state index contributed by atoms with van der Waals surface area (Å²) in [5.74, 6) is 0. The summed E-state index contributed by atoms with van der Waals surface area (Å²) in [6.45, 7) is 2.37. The molecule has 2 heteroatoms. The Balaban J connectivity index is 0.974. The van der Waals surface area contributed by atoms with Gasteiger partial charge in [-0.15, -0.1) is 0 Å². The van der Waals surface area contributed by atoms with E-state index in [0.29, 0.717) is 0 Å². The van der Waals surface area contributed by atoms with Gasteiger partial charge in [-0.05, 0) is 111 Å². The molecule has 1 heterocycles. The van der Waals surface area contributed by atoms with Crippen molar-refractivity contribution in [1.29, 1.82) is 0 Å². The van der Waals surface area contributed by atoms with Gasteiger partial charge in [0.05, 0.1) is 0 Å². The largest absolute Gasteiger partial charge is 0.455 e. The van der Waals surface area contributed by atoms with Crippen LogP contribution in [-0.2, 0) is 5.41 Å². The first-order chi connectivity index (χ1) is 28.6. The number of hydrogen-bond acceptors (Lipinski definition) is 2. The van der Waals surface area contributed by atoms with E-state index in [-0.39, 0.29) is 5.41 Å². The number of hydrogen-bond donors (Lipinski definition) is 0. The number of fused-ring (bicyclic) bond motifs is 6. The van der Waals surface area contributed by atoms with Crippen molar-refractivity contribution in [3.63, 3.8) is 0 Å². The van der Waals surface area contributed by atoms with E-state index in [1.54, 1.807) is 0 Å². The average Bonchev–Trinajstić information content (AvgIpc) is 3.81. The van der Waals surface area contributed by atoms with Gasteiger partial charge >= 0.3 is 0 Å². The van der Waals surface area contributed by atoms with Gasteiger partial charge in [0.25, 0.3) is 0 Å². The van der Waals surface area contributed by atoms with Crippen LogP contribution in [0.2, 0.25) is 0 Å². The molecule has 0 aliphatic heterocycles. The molecule has 9 aromatic carbocycles. The lowest BCUT2D eigenvalue weighted by molar-refractivity contribution is 0.668. The predicted octanol–water partition coefficient (Wildman–Crippen LogP) is 15.4. The van der Waals surface area contributed by atoms with Gasteiger partial charge in [-0.2, -0.15) is 0 Å². The van der Waals surface area contributed by atoms with E-state index in [1.165, 1.54) is 50.1 Å². The lowest BCUT2D eigenvalue weighted by Gasteiger charge is -2.28. The standard InChI is InChI=1S/C56H39NO/c1-56(52-21-10-8-17-48(52)49-18-9-11-22-53(49)56)43-29-36-54-51(37-43)50-20-12-19-47(55(50)58-54)42-27-34-46(35-28-42)57(44-30-23-40(24-31-44)38-13-4-2-5-14-38)45-32-25-41(26-33-45)39-15-6-3-7-16-39/h2-37H,1H3. The Morgan fingerprint density at radius 2 is 0.810 bits per heavy atom. The molecule has 10 aromatic rings. The molecular weight excluding hydrogens is 703 g/mol. The Kier molecular flexibility index (Phi) is 7.97. The smallest absolute Gasteiger partial charge is 0.143 e. The third-order valence-electron chi connectivity index (χ3n) is 12.2. The van der Waals surface area contributed by atoms with Crippen molar-refractivity contribution in [2.75, 3.05) is 4.90 Å². The average molecular weight is 742 g/mol. The highest BCUT2D eigenvalue weighted by Crippen LogP contribution is 2.53. The first kappa shape index (κ1) is 33.9. The zero-order valence-corrected chi connectivity index (χ0v) is 32.1. The van der Waals surface area contributed by atoms with Crippen molar-refractivity contribution in [3.8, 4) is 44.5 Å². The topological polar surface area (TPSA) is 16.4 Å². The number of rotatable bonds is 7. The second kappa shape index (κ2) is 13.7. The van der Waals surface area contributed by atoms with Crippen LogP contribution in [0.5, 0.6) is 0 Å². The highest BCUT2D eigenvalue weighted by molar-refractivity contribution is 6.10. The van der Waals surface area contributed by atoms with Crippen molar-refractivity contribution < 1.29 is 4.42 Å². The van der Waals surface area contributed by atoms with Crippen molar-refractivity contribution in [3.05, 3.63) is 235 Å². The first-order valence-electron chi connectivity index (χ1n) is 20.0. The van der Waals surface area contributed by atoms with E-state index >= 15 is 0 Å². The molecule has 0 spiro atoms. The summed E-state index contributed by atoms with van der Waals surface area (Å²) in [6, 6.07) is 78.7. The van der Waals surface area contributed by atoms with Gasteiger partial charge in [0.2, 0.25) is 0 Å². The van der Waals surface area contributed by atoms with Crippen LogP contribution < -0.4 is 4.90 Å². The van der Waals surface area contributed by atoms with Gasteiger partial charge in [0.1, 0.15) is 11.2 Å². The molecule has 0 atom stereocenters. The number of benzene rings is 9. The minimum atomic E-state index is -0.270. The van der Waals surface area contributed by atoms with Crippen LogP contribution in [0.15, 0.2) is 223 Å². The molecule has 0 saturated carbocycles. The quantitative estimate of drug-likeness (QED) is 0.162. The number of anilines is 3. The molecule has 0 saturated heterocycles. The molecule has 0 bridgehead atoms. The SMILES string of the molecule is CC1(c2ccc3oc4c(-c5ccc(N(c6ccc(-c7ccccc7)cc6)c6ccc(-c7ccccc7)cc6)cc5)cccc4c3c2)c2ccccc2-c2ccccc21. The van der Waals surface area contributed by atoms with Crippen molar-refractivity contribution >= 4 is 39.0 Å². The van der Waals surface area contributed by atoms with Crippen LogP contribution in [0.3, 0.4) is 0 Å². The zero-order valence-electron chi connectivity index (χ0n) is 32.1. The minimum absolute atomic E-state index is 0.270. The van der Waals surface area contributed by atoms with E-state index < -0.39 is 0 Å². The molecule has 0 fully saturated rings. The Labute approximate surface area is 338 Å². The maximum atomic E-state index is 6.73. The Hall–Kier alpha value is -7.42. The third-order valence-corrected chi connectivity index (χ3v) is 12.2. The summed E-state index contributed by atoms with van der Waals surface area (Å²) < 4.78 is 6.73. The lowest BCUT2D eigenvalue weighted by Crippen LogP contribution is -2.22. The number of furan rings is 1. The predicted molar refractivity (Wildman–Crippen MR) is 242 cm³/mol. The van der Waals surface area contributed by atoms with Gasteiger partial charge < -0.3 is 9.32 Å². The van der Waals surface area contributed by atoms with Gasteiger partial charge in [-0.25, -0.2) is 0 Å². The Bertz CT molecular complexity index is 2960. The summed E-state index contributed by atoms with van der Waals surface area (Å²) in [6.07, 6.45) is 0. The van der Waals surface area contributed by atoms with E-state index in [9.17, 15) is 0 Å². The normalized spacial score (nSPS) is 12.7. The van der Waals surface area contributed by atoms with Gasteiger partial charge in [-0.3, -0.25) is 0 Å². The monoisotopic (exact) mass is 741 g/mol. The molecule has 58 heavy (non-hydrogen) atoms. The molecule has 1 aliphatic rings. The fourth-order valence-corrected chi connectivity index (χ4v) is 9.21. The van der Waals surface area contributed by atoms with Crippen LogP contribution in [0, 0.1) is 0 Å². The maximum Gasteiger partial charge on any atom is 0.143 e. The Morgan fingerprint density at radius 1 is 0.362 bits per heavy atom. The molecule has 0 unspecified atom stereocenters. The van der Waals surface area contributed by atoms with Crippen LogP contribution in [0.4, 0.5) is 17.1 Å². The van der Waals surface area contributed by atoms with E-state index in [1.807, 2.05) is 0 Å². The first-order valence-corrected chi connectivity index (χ1v) is 20.0. The third kappa shape index (κ3) is 5.49. The molecule has 0 N–H and O–H groups in total. The van der Waals surface area contributed by atoms with Crippen molar-refractivity contribution in [1.82, 2.24) is 0 Å². The summed E-state index contributed by atoms with van der Waals surface area (Å²) >= 11 is 0. The number of para-hydroxylation sites is 1. The molecule has 274 valence electrons. The second-order valence-corrected chi connectivity index (χ2v) is 15.4.